The molecular formula is C11H12O. The number of hydrogen-bond acceptors (Lipinski definition) is 1. The van der Waals surface area contributed by atoms with Crippen molar-refractivity contribution in [2.45, 2.75) is 20.8 Å². The molecule has 1 aromatic rings. The molecule has 1 aromatic carbocycles. The van der Waals surface area contributed by atoms with Crippen LogP contribution in [0.25, 0.3) is 0 Å². The van der Waals surface area contributed by atoms with E-state index in [0.717, 1.165) is 11.3 Å². The van der Waals surface area contributed by atoms with Gasteiger partial charge in [0, 0.05) is 0 Å². The first-order chi connectivity index (χ1) is 5.65. The minimum Gasteiger partial charge on any atom is -0.408 e. The number of hydrogen-bond donors (Lipinski definition) is 0. The Hall–Kier alpha value is -1.42. The fraction of sp³-hybridized carbons (Fsp3) is 0.273. The van der Waals surface area contributed by atoms with E-state index < -0.39 is 0 Å². The molecule has 0 spiro atoms. The van der Waals surface area contributed by atoms with Gasteiger partial charge in [-0.05, 0) is 43.5 Å². The Morgan fingerprint density at radius 1 is 1.08 bits per heavy atom. The van der Waals surface area contributed by atoms with Crippen LogP contribution in [0, 0.1) is 33.3 Å². The maximum absolute atomic E-state index is 5.05. The van der Waals surface area contributed by atoms with Gasteiger partial charge < -0.3 is 4.74 Å². The average Bonchev–Trinajstić information content (AvgIpc) is 2.01. The van der Waals surface area contributed by atoms with Gasteiger partial charge in [0.05, 0.1) is 0 Å². The normalized spacial score (nSPS) is 9.17. The molecule has 0 bridgehead atoms. The number of rotatable bonds is 1. The number of benzene rings is 1. The fourth-order valence-corrected chi connectivity index (χ4v) is 1.11. The molecule has 62 valence electrons. The summed E-state index contributed by atoms with van der Waals surface area (Å²) in [5.74, 6) is 0.778. The predicted octanol–water partition coefficient (Wildman–Crippen LogP) is 2.58. The van der Waals surface area contributed by atoms with Gasteiger partial charge in [0.25, 0.3) is 0 Å². The Bertz CT molecular complexity index is 332. The Kier molecular flexibility index (Phi) is 2.40. The van der Waals surface area contributed by atoms with E-state index in [9.17, 15) is 0 Å². The highest BCUT2D eigenvalue weighted by Crippen LogP contribution is 2.21. The maximum atomic E-state index is 5.05. The molecule has 0 radical (unpaired) electrons. The van der Waals surface area contributed by atoms with Gasteiger partial charge in [-0.15, -0.1) is 0 Å². The highest BCUT2D eigenvalue weighted by Gasteiger charge is 2.01. The molecular weight excluding hydrogens is 148 g/mol. The van der Waals surface area contributed by atoms with E-state index in [1.54, 1.807) is 0 Å². The second-order valence-corrected chi connectivity index (χ2v) is 2.92. The first-order valence-electron chi connectivity index (χ1n) is 3.85. The third-order valence-electron chi connectivity index (χ3n) is 1.96. The second-order valence-electron chi connectivity index (χ2n) is 2.92. The number of terminal acetylenes is 1. The molecule has 0 amide bonds. The summed E-state index contributed by atoms with van der Waals surface area (Å²) >= 11 is 0. The molecule has 0 atom stereocenters. The maximum Gasteiger partial charge on any atom is 0.143 e. The van der Waals surface area contributed by atoms with Crippen molar-refractivity contribution in [1.29, 1.82) is 0 Å². The van der Waals surface area contributed by atoms with Gasteiger partial charge in [-0.2, -0.15) is 0 Å². The molecule has 0 heterocycles. The van der Waals surface area contributed by atoms with Gasteiger partial charge >= 0.3 is 0 Å². The zero-order valence-electron chi connectivity index (χ0n) is 7.64. The Labute approximate surface area is 73.4 Å². The van der Waals surface area contributed by atoms with Gasteiger partial charge in [0.15, 0.2) is 0 Å². The van der Waals surface area contributed by atoms with E-state index >= 15 is 0 Å². The molecule has 0 saturated carbocycles. The topological polar surface area (TPSA) is 9.23 Å². The first-order valence-corrected chi connectivity index (χ1v) is 3.85. The Morgan fingerprint density at radius 2 is 1.67 bits per heavy atom. The van der Waals surface area contributed by atoms with Crippen molar-refractivity contribution in [2.24, 2.45) is 0 Å². The summed E-state index contributed by atoms with van der Waals surface area (Å²) in [6.07, 6.45) is 7.22. The van der Waals surface area contributed by atoms with Crippen LogP contribution in [0.2, 0.25) is 0 Å². The van der Waals surface area contributed by atoms with Crippen LogP contribution in [-0.4, -0.2) is 0 Å². The molecule has 12 heavy (non-hydrogen) atoms. The molecule has 1 nitrogen and oxygen atoms in total. The minimum atomic E-state index is 0.778. The van der Waals surface area contributed by atoms with E-state index in [-0.39, 0.29) is 0 Å². The van der Waals surface area contributed by atoms with Crippen LogP contribution in [0.3, 0.4) is 0 Å². The summed E-state index contributed by atoms with van der Waals surface area (Å²) in [6.45, 7) is 6.10. The van der Waals surface area contributed by atoms with Crippen molar-refractivity contribution in [3.05, 3.63) is 28.8 Å². The van der Waals surface area contributed by atoms with Gasteiger partial charge in [0.1, 0.15) is 11.9 Å². The molecule has 0 aromatic heterocycles. The SMILES string of the molecule is C#COc1cc(C)c(C)cc1C. The van der Waals surface area contributed by atoms with E-state index in [4.69, 9.17) is 11.2 Å². The first kappa shape index (κ1) is 8.67. The van der Waals surface area contributed by atoms with E-state index in [1.807, 2.05) is 19.9 Å². The second kappa shape index (κ2) is 3.32. The fourth-order valence-electron chi connectivity index (χ4n) is 1.11. The van der Waals surface area contributed by atoms with Crippen LogP contribution in [0.15, 0.2) is 12.1 Å². The zero-order valence-corrected chi connectivity index (χ0v) is 7.64. The van der Waals surface area contributed by atoms with Crippen LogP contribution in [0.4, 0.5) is 0 Å². The summed E-state index contributed by atoms with van der Waals surface area (Å²) in [4.78, 5) is 0. The predicted molar refractivity (Wildman–Crippen MR) is 50.1 cm³/mol. The lowest BCUT2D eigenvalue weighted by Crippen LogP contribution is -1.89. The van der Waals surface area contributed by atoms with Crippen LogP contribution >= 0.6 is 0 Å². The van der Waals surface area contributed by atoms with Crippen molar-refractivity contribution in [2.75, 3.05) is 0 Å². The van der Waals surface area contributed by atoms with Gasteiger partial charge in [-0.25, -0.2) is 0 Å². The zero-order chi connectivity index (χ0) is 9.14. The molecule has 0 aliphatic carbocycles. The van der Waals surface area contributed by atoms with Crippen molar-refractivity contribution < 1.29 is 4.74 Å². The highest BCUT2D eigenvalue weighted by atomic mass is 16.5. The molecule has 1 rings (SSSR count). The standard InChI is InChI=1S/C11H12O/c1-5-12-11-7-9(3)8(2)6-10(11)4/h1,6-7H,2-4H3. The van der Waals surface area contributed by atoms with Crippen LogP contribution in [0.5, 0.6) is 5.75 Å². The summed E-state index contributed by atoms with van der Waals surface area (Å²) in [5, 5.41) is 0. The quantitative estimate of drug-likeness (QED) is 0.574. The number of aryl methyl sites for hydroxylation is 3. The highest BCUT2D eigenvalue weighted by molar-refractivity contribution is 5.41. The summed E-state index contributed by atoms with van der Waals surface area (Å²) < 4.78 is 5.00. The summed E-state index contributed by atoms with van der Waals surface area (Å²) in [7, 11) is 0. The minimum absolute atomic E-state index is 0.778. The number of ether oxygens (including phenoxy) is 1. The molecule has 0 N–H and O–H groups in total. The van der Waals surface area contributed by atoms with E-state index in [0.29, 0.717) is 0 Å². The molecule has 0 fully saturated rings. The van der Waals surface area contributed by atoms with Gasteiger partial charge in [0.2, 0.25) is 0 Å². The van der Waals surface area contributed by atoms with Crippen LogP contribution in [0.1, 0.15) is 16.7 Å². The summed E-state index contributed by atoms with van der Waals surface area (Å²) in [6, 6.07) is 4.03. The lowest BCUT2D eigenvalue weighted by molar-refractivity contribution is 0.516. The largest absolute Gasteiger partial charge is 0.408 e. The average molecular weight is 160 g/mol. The van der Waals surface area contributed by atoms with Crippen molar-refractivity contribution in [3.8, 4) is 18.3 Å². The smallest absolute Gasteiger partial charge is 0.143 e. The third-order valence-corrected chi connectivity index (χ3v) is 1.96. The summed E-state index contributed by atoms with van der Waals surface area (Å²) in [5.41, 5.74) is 3.54. The monoisotopic (exact) mass is 160 g/mol. The molecule has 0 unspecified atom stereocenters. The third kappa shape index (κ3) is 1.60. The molecule has 0 aliphatic rings. The Balaban J connectivity index is 3.16. The van der Waals surface area contributed by atoms with Crippen molar-refractivity contribution >= 4 is 0 Å². The Morgan fingerprint density at radius 3 is 2.25 bits per heavy atom. The van der Waals surface area contributed by atoms with Crippen molar-refractivity contribution in [3.63, 3.8) is 0 Å². The lowest BCUT2D eigenvalue weighted by atomic mass is 10.1. The van der Waals surface area contributed by atoms with Crippen LogP contribution in [-0.2, 0) is 0 Å². The van der Waals surface area contributed by atoms with E-state index in [2.05, 4.69) is 19.1 Å². The molecule has 0 saturated heterocycles. The van der Waals surface area contributed by atoms with Gasteiger partial charge in [-0.3, -0.25) is 0 Å². The van der Waals surface area contributed by atoms with Crippen LogP contribution < -0.4 is 4.74 Å². The van der Waals surface area contributed by atoms with Gasteiger partial charge in [-0.1, -0.05) is 12.5 Å². The van der Waals surface area contributed by atoms with Crippen molar-refractivity contribution in [1.82, 2.24) is 0 Å². The molecule has 1 heteroatoms. The lowest BCUT2D eigenvalue weighted by Gasteiger charge is -2.06. The molecule has 0 aliphatic heterocycles. The van der Waals surface area contributed by atoms with E-state index in [1.165, 1.54) is 11.1 Å².